The van der Waals surface area contributed by atoms with Crippen LogP contribution in [0, 0.1) is 17.8 Å². The van der Waals surface area contributed by atoms with Crippen LogP contribution in [0.25, 0.3) is 0 Å². The van der Waals surface area contributed by atoms with E-state index in [1.54, 1.807) is 0 Å². The Labute approximate surface area is 138 Å². The zero-order chi connectivity index (χ0) is 15.6. The molecule has 0 aromatic carbocycles. The van der Waals surface area contributed by atoms with Crippen LogP contribution in [0.15, 0.2) is 0 Å². The van der Waals surface area contributed by atoms with Crippen molar-refractivity contribution >= 4 is 5.78 Å². The molecule has 0 aromatic heterocycles. The third-order valence-corrected chi connectivity index (χ3v) is 6.25. The molecule has 0 aromatic rings. The van der Waals surface area contributed by atoms with Crippen molar-refractivity contribution in [3.63, 3.8) is 0 Å². The molecule has 2 saturated carbocycles. The van der Waals surface area contributed by atoms with Gasteiger partial charge in [-0.3, -0.25) is 4.79 Å². The van der Waals surface area contributed by atoms with Crippen LogP contribution < -0.4 is 0 Å². The van der Waals surface area contributed by atoms with Gasteiger partial charge in [-0.1, -0.05) is 77.6 Å². The molecule has 3 atom stereocenters. The normalized spacial score (nSPS) is 28.6. The second-order valence-electron chi connectivity index (χ2n) is 8.10. The zero-order valence-corrected chi connectivity index (χ0v) is 15.0. The fourth-order valence-electron chi connectivity index (χ4n) is 4.79. The Morgan fingerprint density at radius 2 is 1.50 bits per heavy atom. The van der Waals surface area contributed by atoms with Gasteiger partial charge in [-0.25, -0.2) is 0 Å². The molecule has 2 rings (SSSR count). The van der Waals surface area contributed by atoms with E-state index in [4.69, 9.17) is 0 Å². The highest BCUT2D eigenvalue weighted by Crippen LogP contribution is 2.43. The van der Waals surface area contributed by atoms with E-state index in [0.29, 0.717) is 5.78 Å². The number of Topliss-reactive ketones (excluding diaryl/α,β-unsaturated/α-hetero) is 1. The fraction of sp³-hybridized carbons (Fsp3) is 0.952. The topological polar surface area (TPSA) is 17.1 Å². The number of unbranched alkanes of at least 4 members (excludes halogenated alkanes) is 8. The van der Waals surface area contributed by atoms with Crippen molar-refractivity contribution in [1.82, 2.24) is 0 Å². The molecule has 128 valence electrons. The minimum Gasteiger partial charge on any atom is -0.300 e. The van der Waals surface area contributed by atoms with Gasteiger partial charge < -0.3 is 0 Å². The zero-order valence-electron chi connectivity index (χ0n) is 15.0. The Bertz CT molecular complexity index is 309. The van der Waals surface area contributed by atoms with Crippen LogP contribution in [0.3, 0.4) is 0 Å². The van der Waals surface area contributed by atoms with Gasteiger partial charge in [0.15, 0.2) is 0 Å². The summed E-state index contributed by atoms with van der Waals surface area (Å²) in [6.45, 7) is 2.29. The fourth-order valence-corrected chi connectivity index (χ4v) is 4.79. The van der Waals surface area contributed by atoms with E-state index in [9.17, 15) is 4.79 Å². The monoisotopic (exact) mass is 306 g/mol. The molecule has 0 N–H and O–H groups in total. The highest BCUT2D eigenvalue weighted by atomic mass is 16.1. The van der Waals surface area contributed by atoms with Crippen molar-refractivity contribution in [2.24, 2.45) is 17.8 Å². The van der Waals surface area contributed by atoms with Gasteiger partial charge in [0.05, 0.1) is 0 Å². The third kappa shape index (κ3) is 6.42. The van der Waals surface area contributed by atoms with E-state index in [1.165, 1.54) is 89.9 Å². The van der Waals surface area contributed by atoms with Crippen LogP contribution in [0.5, 0.6) is 0 Å². The summed E-state index contributed by atoms with van der Waals surface area (Å²) in [7, 11) is 0. The third-order valence-electron chi connectivity index (χ3n) is 6.25. The average Bonchev–Trinajstić information content (AvgIpc) is 2.53. The molecule has 0 aliphatic heterocycles. The Kier molecular flexibility index (Phi) is 8.55. The van der Waals surface area contributed by atoms with Gasteiger partial charge in [-0.2, -0.15) is 0 Å². The van der Waals surface area contributed by atoms with Crippen molar-refractivity contribution in [2.45, 2.75) is 110 Å². The van der Waals surface area contributed by atoms with Crippen molar-refractivity contribution < 1.29 is 4.79 Å². The number of rotatable bonds is 10. The van der Waals surface area contributed by atoms with Crippen LogP contribution in [0.2, 0.25) is 0 Å². The van der Waals surface area contributed by atoms with Crippen molar-refractivity contribution in [1.29, 1.82) is 0 Å². The Morgan fingerprint density at radius 1 is 0.818 bits per heavy atom. The number of carbonyl (C=O) groups excluding carboxylic acids is 1. The minimum atomic E-state index is 0.540. The van der Waals surface area contributed by atoms with Gasteiger partial charge in [-0.05, 0) is 37.0 Å². The molecule has 0 amide bonds. The van der Waals surface area contributed by atoms with E-state index in [1.807, 2.05) is 0 Å². The Hall–Kier alpha value is -0.330. The summed E-state index contributed by atoms with van der Waals surface area (Å²) in [5.41, 5.74) is 0. The molecule has 2 aliphatic carbocycles. The SMILES string of the molecule is CCCCCCCCCCCC1CCC2CC(=O)CCC2C1. The predicted octanol–water partition coefficient (Wildman–Crippen LogP) is 6.69. The number of carbonyl (C=O) groups is 1. The van der Waals surface area contributed by atoms with Gasteiger partial charge >= 0.3 is 0 Å². The summed E-state index contributed by atoms with van der Waals surface area (Å²) in [6.07, 6.45) is 21.6. The van der Waals surface area contributed by atoms with Gasteiger partial charge in [0.1, 0.15) is 5.78 Å². The van der Waals surface area contributed by atoms with E-state index in [0.717, 1.165) is 30.6 Å². The van der Waals surface area contributed by atoms with E-state index < -0.39 is 0 Å². The van der Waals surface area contributed by atoms with Crippen LogP contribution in [-0.4, -0.2) is 5.78 Å². The van der Waals surface area contributed by atoms with Crippen LogP contribution in [0.1, 0.15) is 110 Å². The summed E-state index contributed by atoms with van der Waals surface area (Å²) >= 11 is 0. The summed E-state index contributed by atoms with van der Waals surface area (Å²) in [4.78, 5) is 11.6. The first-order chi connectivity index (χ1) is 10.8. The molecule has 0 heterocycles. The molecule has 1 heteroatoms. The first kappa shape index (κ1) is 18.0. The lowest BCUT2D eigenvalue weighted by Gasteiger charge is -2.38. The summed E-state index contributed by atoms with van der Waals surface area (Å²) in [6, 6.07) is 0. The lowest BCUT2D eigenvalue weighted by molar-refractivity contribution is -0.123. The van der Waals surface area contributed by atoms with Crippen molar-refractivity contribution in [3.8, 4) is 0 Å². The first-order valence-corrected chi connectivity index (χ1v) is 10.3. The largest absolute Gasteiger partial charge is 0.300 e. The molecular weight excluding hydrogens is 268 g/mol. The minimum absolute atomic E-state index is 0.540. The quantitative estimate of drug-likeness (QED) is 0.411. The van der Waals surface area contributed by atoms with Crippen molar-refractivity contribution in [3.05, 3.63) is 0 Å². The number of hydrogen-bond donors (Lipinski definition) is 0. The number of hydrogen-bond acceptors (Lipinski definition) is 1. The lowest BCUT2D eigenvalue weighted by Crippen LogP contribution is -2.31. The predicted molar refractivity (Wildman–Crippen MR) is 95.0 cm³/mol. The summed E-state index contributed by atoms with van der Waals surface area (Å²) < 4.78 is 0. The van der Waals surface area contributed by atoms with Crippen LogP contribution in [0.4, 0.5) is 0 Å². The Balaban J connectivity index is 1.46. The lowest BCUT2D eigenvalue weighted by atomic mass is 9.66. The highest BCUT2D eigenvalue weighted by molar-refractivity contribution is 5.79. The van der Waals surface area contributed by atoms with E-state index >= 15 is 0 Å². The van der Waals surface area contributed by atoms with Crippen LogP contribution >= 0.6 is 0 Å². The van der Waals surface area contributed by atoms with Gasteiger partial charge in [0.25, 0.3) is 0 Å². The molecule has 2 fully saturated rings. The molecule has 0 radical (unpaired) electrons. The smallest absolute Gasteiger partial charge is 0.133 e. The van der Waals surface area contributed by atoms with Crippen molar-refractivity contribution in [2.75, 3.05) is 0 Å². The number of ketones is 1. The summed E-state index contributed by atoms with van der Waals surface area (Å²) in [5.74, 6) is 3.19. The molecule has 22 heavy (non-hydrogen) atoms. The molecule has 3 unspecified atom stereocenters. The first-order valence-electron chi connectivity index (χ1n) is 10.3. The molecule has 0 saturated heterocycles. The van der Waals surface area contributed by atoms with Gasteiger partial charge in [0.2, 0.25) is 0 Å². The Morgan fingerprint density at radius 3 is 2.23 bits per heavy atom. The second-order valence-corrected chi connectivity index (χ2v) is 8.10. The number of fused-ring (bicyclic) bond motifs is 1. The van der Waals surface area contributed by atoms with E-state index in [2.05, 4.69) is 6.92 Å². The highest BCUT2D eigenvalue weighted by Gasteiger charge is 2.34. The molecule has 0 spiro atoms. The summed E-state index contributed by atoms with van der Waals surface area (Å²) in [5, 5.41) is 0. The van der Waals surface area contributed by atoms with Crippen LogP contribution in [-0.2, 0) is 4.79 Å². The van der Waals surface area contributed by atoms with E-state index in [-0.39, 0.29) is 0 Å². The molecule has 2 aliphatic rings. The standard InChI is InChI=1S/C21H38O/c1-2-3-4-5-6-7-8-9-10-11-18-12-13-20-17-21(22)15-14-19(20)16-18/h18-20H,2-17H2,1H3. The maximum Gasteiger partial charge on any atom is 0.133 e. The second kappa shape index (κ2) is 10.4. The molecule has 0 bridgehead atoms. The molecular formula is C21H38O. The maximum absolute atomic E-state index is 11.6. The van der Waals surface area contributed by atoms with Gasteiger partial charge in [0, 0.05) is 12.8 Å². The maximum atomic E-state index is 11.6. The molecule has 1 nitrogen and oxygen atoms in total. The van der Waals surface area contributed by atoms with Gasteiger partial charge in [-0.15, -0.1) is 0 Å². The average molecular weight is 307 g/mol.